The number of carbonyl (C=O) groups excluding carboxylic acids is 1. The Morgan fingerprint density at radius 1 is 1.28 bits per heavy atom. The number of hydrogen-bond acceptors (Lipinski definition) is 4. The number of hydrogen-bond donors (Lipinski definition) is 2. The summed E-state index contributed by atoms with van der Waals surface area (Å²) in [6.07, 6.45) is 4.48. The summed E-state index contributed by atoms with van der Waals surface area (Å²) in [4.78, 5) is 15.5. The lowest BCUT2D eigenvalue weighted by molar-refractivity contribution is -0.116. The predicted molar refractivity (Wildman–Crippen MR) is 95.5 cm³/mol. The van der Waals surface area contributed by atoms with Crippen LogP contribution in [0.3, 0.4) is 0 Å². The van der Waals surface area contributed by atoms with Gasteiger partial charge in [-0.1, -0.05) is 0 Å². The molecular weight excluding hydrogens is 316 g/mol. The summed E-state index contributed by atoms with van der Waals surface area (Å²) >= 11 is 0. The minimum Gasteiger partial charge on any atom is -0.361 e. The van der Waals surface area contributed by atoms with Gasteiger partial charge in [0.25, 0.3) is 0 Å². The Kier molecular flexibility index (Phi) is 3.68. The maximum absolute atomic E-state index is 12.3. The number of benzene rings is 1. The van der Waals surface area contributed by atoms with Crippen molar-refractivity contribution in [1.82, 2.24) is 24.8 Å². The number of amides is 1. The van der Waals surface area contributed by atoms with Gasteiger partial charge >= 0.3 is 0 Å². The maximum atomic E-state index is 12.3. The highest BCUT2D eigenvalue weighted by molar-refractivity contribution is 5.93. The molecule has 4 rings (SSSR count). The second-order valence-electron chi connectivity index (χ2n) is 6.12. The van der Waals surface area contributed by atoms with E-state index in [4.69, 9.17) is 0 Å². The maximum Gasteiger partial charge on any atom is 0.224 e. The monoisotopic (exact) mass is 334 g/mol. The van der Waals surface area contributed by atoms with Gasteiger partial charge in [-0.2, -0.15) is 5.10 Å². The summed E-state index contributed by atoms with van der Waals surface area (Å²) in [7, 11) is 0. The van der Waals surface area contributed by atoms with Gasteiger partial charge in [0, 0.05) is 34.8 Å². The summed E-state index contributed by atoms with van der Waals surface area (Å²) in [6.45, 7) is 3.94. The predicted octanol–water partition coefficient (Wildman–Crippen LogP) is 2.79. The molecule has 7 nitrogen and oxygen atoms in total. The summed E-state index contributed by atoms with van der Waals surface area (Å²) in [5, 5.41) is 16.4. The number of aryl methyl sites for hydroxylation is 2. The number of H-pyrrole nitrogens is 1. The van der Waals surface area contributed by atoms with Crippen molar-refractivity contribution in [3.63, 3.8) is 0 Å². The topological polar surface area (TPSA) is 88.0 Å². The number of aromatic nitrogens is 5. The number of carbonyl (C=O) groups is 1. The molecule has 0 saturated heterocycles. The van der Waals surface area contributed by atoms with Crippen LogP contribution in [0, 0.1) is 13.8 Å². The van der Waals surface area contributed by atoms with E-state index >= 15 is 0 Å². The van der Waals surface area contributed by atoms with Gasteiger partial charge in [0.15, 0.2) is 5.65 Å². The number of fused-ring (bicyclic) bond motifs is 2. The number of anilines is 1. The Hall–Kier alpha value is -3.22. The van der Waals surface area contributed by atoms with Crippen LogP contribution in [0.5, 0.6) is 0 Å². The van der Waals surface area contributed by atoms with E-state index in [1.165, 1.54) is 0 Å². The van der Waals surface area contributed by atoms with E-state index < -0.39 is 0 Å². The van der Waals surface area contributed by atoms with Crippen molar-refractivity contribution in [2.24, 2.45) is 0 Å². The molecule has 0 spiro atoms. The molecule has 1 amide bonds. The van der Waals surface area contributed by atoms with Gasteiger partial charge in [0.2, 0.25) is 5.91 Å². The normalized spacial score (nSPS) is 11.3. The van der Waals surface area contributed by atoms with Crippen LogP contribution in [-0.2, 0) is 11.2 Å². The highest BCUT2D eigenvalue weighted by Gasteiger charge is 2.13. The number of nitrogens with one attached hydrogen (secondary N) is 2. The molecular formula is C18H18N6O. The summed E-state index contributed by atoms with van der Waals surface area (Å²) < 4.78 is 1.67. The van der Waals surface area contributed by atoms with Gasteiger partial charge in [-0.3, -0.25) is 4.79 Å². The van der Waals surface area contributed by atoms with Crippen molar-refractivity contribution in [3.8, 4) is 0 Å². The highest BCUT2D eigenvalue weighted by atomic mass is 16.1. The molecule has 3 aromatic heterocycles. The van der Waals surface area contributed by atoms with Gasteiger partial charge < -0.3 is 10.3 Å². The van der Waals surface area contributed by atoms with E-state index in [1.54, 1.807) is 10.8 Å². The molecule has 0 atom stereocenters. The number of rotatable bonds is 4. The Labute approximate surface area is 144 Å². The summed E-state index contributed by atoms with van der Waals surface area (Å²) in [5.41, 5.74) is 5.56. The minimum atomic E-state index is -0.0185. The van der Waals surface area contributed by atoms with Crippen molar-refractivity contribution < 1.29 is 4.79 Å². The van der Waals surface area contributed by atoms with Crippen molar-refractivity contribution >= 4 is 28.1 Å². The van der Waals surface area contributed by atoms with E-state index in [0.29, 0.717) is 12.8 Å². The Morgan fingerprint density at radius 3 is 3.04 bits per heavy atom. The van der Waals surface area contributed by atoms with E-state index in [9.17, 15) is 4.79 Å². The summed E-state index contributed by atoms with van der Waals surface area (Å²) in [5.74, 6) is -0.0185. The molecule has 7 heteroatoms. The Morgan fingerprint density at radius 2 is 2.16 bits per heavy atom. The molecule has 0 aliphatic rings. The second-order valence-corrected chi connectivity index (χ2v) is 6.12. The van der Waals surface area contributed by atoms with Crippen LogP contribution in [0.25, 0.3) is 16.6 Å². The lowest BCUT2D eigenvalue weighted by Gasteiger charge is -2.10. The molecule has 25 heavy (non-hydrogen) atoms. The molecule has 0 aliphatic heterocycles. The van der Waals surface area contributed by atoms with Gasteiger partial charge in [0.05, 0.1) is 5.69 Å². The quantitative estimate of drug-likeness (QED) is 0.601. The van der Waals surface area contributed by atoms with Crippen LogP contribution in [-0.4, -0.2) is 30.7 Å². The highest BCUT2D eigenvalue weighted by Crippen LogP contribution is 2.20. The second kappa shape index (κ2) is 6.01. The van der Waals surface area contributed by atoms with Crippen LogP contribution in [0.15, 0.2) is 36.8 Å². The molecule has 0 unspecified atom stereocenters. The smallest absolute Gasteiger partial charge is 0.224 e. The van der Waals surface area contributed by atoms with E-state index in [2.05, 4.69) is 25.6 Å². The van der Waals surface area contributed by atoms with E-state index in [0.717, 1.165) is 39.1 Å². The molecule has 3 heterocycles. The first-order valence-electron chi connectivity index (χ1n) is 8.15. The van der Waals surface area contributed by atoms with Crippen LogP contribution < -0.4 is 5.32 Å². The lowest BCUT2D eigenvalue weighted by Crippen LogP contribution is -2.14. The van der Waals surface area contributed by atoms with Crippen LogP contribution >= 0.6 is 0 Å². The summed E-state index contributed by atoms with van der Waals surface area (Å²) in [6, 6.07) is 7.81. The van der Waals surface area contributed by atoms with Crippen LogP contribution in [0.4, 0.5) is 5.69 Å². The largest absolute Gasteiger partial charge is 0.361 e. The van der Waals surface area contributed by atoms with Gasteiger partial charge in [-0.05, 0) is 50.1 Å². The number of aromatic amines is 1. The Bertz CT molecular complexity index is 1080. The molecule has 0 radical (unpaired) electrons. The fraction of sp³-hybridized carbons (Fsp3) is 0.222. The minimum absolute atomic E-state index is 0.0185. The lowest BCUT2D eigenvalue weighted by atomic mass is 10.0. The SMILES string of the molecule is Cc1nn2cnnc2c(C)c1CCC(=O)Nc1ccc2[nH]ccc2c1. The fourth-order valence-corrected chi connectivity index (χ4v) is 3.14. The van der Waals surface area contributed by atoms with Crippen molar-refractivity contribution in [1.29, 1.82) is 0 Å². The van der Waals surface area contributed by atoms with E-state index in [1.807, 2.05) is 44.3 Å². The third-order valence-corrected chi connectivity index (χ3v) is 4.45. The van der Waals surface area contributed by atoms with Gasteiger partial charge in [-0.25, -0.2) is 4.52 Å². The Balaban J connectivity index is 1.48. The molecule has 0 bridgehead atoms. The third kappa shape index (κ3) is 2.84. The molecule has 0 saturated carbocycles. The van der Waals surface area contributed by atoms with Crippen LogP contribution in [0.2, 0.25) is 0 Å². The zero-order valence-corrected chi connectivity index (χ0v) is 14.1. The van der Waals surface area contributed by atoms with Crippen molar-refractivity contribution in [3.05, 3.63) is 53.6 Å². The molecule has 126 valence electrons. The van der Waals surface area contributed by atoms with Gasteiger partial charge in [0.1, 0.15) is 6.33 Å². The molecule has 0 aliphatic carbocycles. The molecule has 1 aromatic carbocycles. The van der Waals surface area contributed by atoms with Crippen molar-refractivity contribution in [2.45, 2.75) is 26.7 Å². The molecule has 4 aromatic rings. The standard InChI is InChI=1S/C18H18N6O/c1-11-15(12(2)23-24-10-20-22-18(11)24)4-6-17(25)21-14-3-5-16-13(9-14)7-8-19-16/h3,5,7-10,19H,4,6H2,1-2H3,(H,21,25). The fourth-order valence-electron chi connectivity index (χ4n) is 3.14. The average molecular weight is 334 g/mol. The molecule has 2 N–H and O–H groups in total. The zero-order valence-electron chi connectivity index (χ0n) is 14.1. The van der Waals surface area contributed by atoms with Gasteiger partial charge in [-0.15, -0.1) is 10.2 Å². The first kappa shape index (κ1) is 15.3. The molecule has 0 fully saturated rings. The first-order chi connectivity index (χ1) is 12.1. The third-order valence-electron chi connectivity index (χ3n) is 4.45. The van der Waals surface area contributed by atoms with Crippen LogP contribution in [0.1, 0.15) is 23.2 Å². The van der Waals surface area contributed by atoms with E-state index in [-0.39, 0.29) is 5.91 Å². The average Bonchev–Trinajstić information content (AvgIpc) is 3.22. The first-order valence-corrected chi connectivity index (χ1v) is 8.15. The number of nitrogens with zero attached hydrogens (tertiary/aromatic N) is 4. The van der Waals surface area contributed by atoms with Crippen molar-refractivity contribution in [2.75, 3.05) is 5.32 Å². The zero-order chi connectivity index (χ0) is 17.4.